The summed E-state index contributed by atoms with van der Waals surface area (Å²) < 4.78 is 38.2. The highest BCUT2D eigenvalue weighted by molar-refractivity contribution is 7.89. The number of anilines is 1. The standard InChI is InChI=1S/C19H24N4O5S2/c1-27-16-3-2-15(14-17(16)30(25,26)23-9-11-28-12-10-23)18(24)21-5-7-22(8-6-21)19-20-4-13-29-19/h2-4,13-14H,5-12H2,1H3. The minimum atomic E-state index is -3.79. The largest absolute Gasteiger partial charge is 0.495 e. The van der Waals surface area contributed by atoms with Crippen LogP contribution in [0.5, 0.6) is 5.75 Å². The second-order valence-electron chi connectivity index (χ2n) is 6.98. The van der Waals surface area contributed by atoms with Crippen LogP contribution >= 0.6 is 11.3 Å². The topological polar surface area (TPSA) is 92.3 Å². The van der Waals surface area contributed by atoms with Gasteiger partial charge in [-0.2, -0.15) is 4.31 Å². The highest BCUT2D eigenvalue weighted by atomic mass is 32.2. The van der Waals surface area contributed by atoms with Crippen LogP contribution in [0.1, 0.15) is 10.4 Å². The SMILES string of the molecule is COc1ccc(C(=O)N2CCN(c3nccs3)CC2)cc1S(=O)(=O)N1CCOCC1. The van der Waals surface area contributed by atoms with Crippen LogP contribution < -0.4 is 9.64 Å². The van der Waals surface area contributed by atoms with Crippen LogP contribution in [-0.4, -0.2) is 88.1 Å². The molecule has 0 saturated carbocycles. The number of hydrogen-bond acceptors (Lipinski definition) is 8. The van der Waals surface area contributed by atoms with Crippen LogP contribution in [0.3, 0.4) is 0 Å². The normalized spacial score (nSPS) is 18.4. The molecule has 1 aromatic carbocycles. The first-order valence-corrected chi connectivity index (χ1v) is 12.0. The first-order chi connectivity index (χ1) is 14.5. The third-order valence-corrected chi connectivity index (χ3v) is 8.01. The summed E-state index contributed by atoms with van der Waals surface area (Å²) in [5, 5.41) is 2.88. The number of thiazole rings is 1. The van der Waals surface area contributed by atoms with Crippen molar-refractivity contribution >= 4 is 32.4 Å². The molecule has 0 radical (unpaired) electrons. The van der Waals surface area contributed by atoms with Crippen molar-refractivity contribution in [3.8, 4) is 5.75 Å². The molecule has 1 amide bonds. The van der Waals surface area contributed by atoms with Gasteiger partial charge < -0.3 is 19.3 Å². The first-order valence-electron chi connectivity index (χ1n) is 9.70. The number of aromatic nitrogens is 1. The van der Waals surface area contributed by atoms with Gasteiger partial charge in [0.1, 0.15) is 10.6 Å². The summed E-state index contributed by atoms with van der Waals surface area (Å²) in [7, 11) is -2.36. The van der Waals surface area contributed by atoms with Crippen LogP contribution in [0, 0.1) is 0 Å². The van der Waals surface area contributed by atoms with E-state index in [4.69, 9.17) is 9.47 Å². The molecule has 1 aromatic heterocycles. The van der Waals surface area contributed by atoms with Gasteiger partial charge >= 0.3 is 0 Å². The second-order valence-corrected chi connectivity index (χ2v) is 9.76. The summed E-state index contributed by atoms with van der Waals surface area (Å²) in [6, 6.07) is 4.60. The molecule has 0 N–H and O–H groups in total. The summed E-state index contributed by atoms with van der Waals surface area (Å²) in [4.78, 5) is 21.3. The van der Waals surface area contributed by atoms with Crippen LogP contribution in [0.25, 0.3) is 0 Å². The number of hydrogen-bond donors (Lipinski definition) is 0. The average molecular weight is 453 g/mol. The van der Waals surface area contributed by atoms with Gasteiger partial charge in [0.25, 0.3) is 5.91 Å². The zero-order chi connectivity index (χ0) is 21.1. The monoisotopic (exact) mass is 452 g/mol. The van der Waals surface area contributed by atoms with E-state index in [2.05, 4.69) is 9.88 Å². The van der Waals surface area contributed by atoms with Crippen LogP contribution in [0.4, 0.5) is 5.13 Å². The predicted molar refractivity (Wildman–Crippen MR) is 113 cm³/mol. The lowest BCUT2D eigenvalue weighted by Crippen LogP contribution is -2.48. The van der Waals surface area contributed by atoms with Gasteiger partial charge in [0.2, 0.25) is 10.0 Å². The zero-order valence-corrected chi connectivity index (χ0v) is 18.3. The van der Waals surface area contributed by atoms with Gasteiger partial charge in [0.15, 0.2) is 5.13 Å². The number of carbonyl (C=O) groups is 1. The van der Waals surface area contributed by atoms with Crippen LogP contribution in [0.2, 0.25) is 0 Å². The fourth-order valence-corrected chi connectivity index (χ4v) is 5.88. The molecule has 2 saturated heterocycles. The molecule has 30 heavy (non-hydrogen) atoms. The Morgan fingerprint density at radius 1 is 1.13 bits per heavy atom. The molecule has 0 unspecified atom stereocenters. The van der Waals surface area contributed by atoms with Gasteiger partial charge in [0, 0.05) is 56.4 Å². The maximum absolute atomic E-state index is 13.1. The van der Waals surface area contributed by atoms with E-state index in [-0.39, 0.29) is 29.6 Å². The Hall–Kier alpha value is -2.21. The summed E-state index contributed by atoms with van der Waals surface area (Å²) in [6.07, 6.45) is 1.77. The average Bonchev–Trinajstić information content (AvgIpc) is 3.34. The molecule has 2 aromatic rings. The molecule has 162 valence electrons. The minimum Gasteiger partial charge on any atom is -0.495 e. The Morgan fingerprint density at radius 3 is 2.50 bits per heavy atom. The summed E-state index contributed by atoms with van der Waals surface area (Å²) in [6.45, 7) is 3.74. The number of carbonyl (C=O) groups excluding carboxylic acids is 1. The number of benzene rings is 1. The molecular formula is C19H24N4O5S2. The van der Waals surface area contributed by atoms with Crippen molar-refractivity contribution in [3.05, 3.63) is 35.3 Å². The van der Waals surface area contributed by atoms with Gasteiger partial charge in [-0.25, -0.2) is 13.4 Å². The molecule has 0 aliphatic carbocycles. The molecule has 2 aliphatic heterocycles. The van der Waals surface area contributed by atoms with E-state index in [0.29, 0.717) is 45.0 Å². The second kappa shape index (κ2) is 8.88. The first kappa shape index (κ1) is 21.0. The molecule has 4 rings (SSSR count). The Kier molecular flexibility index (Phi) is 6.23. The lowest BCUT2D eigenvalue weighted by Gasteiger charge is -2.34. The van der Waals surface area contributed by atoms with Crippen LogP contribution in [-0.2, 0) is 14.8 Å². The number of amides is 1. The van der Waals surface area contributed by atoms with Crippen molar-refractivity contribution in [2.45, 2.75) is 4.90 Å². The third kappa shape index (κ3) is 4.15. The Morgan fingerprint density at radius 2 is 1.87 bits per heavy atom. The molecule has 11 heteroatoms. The Bertz CT molecular complexity index is 982. The van der Waals surface area contributed by atoms with E-state index in [1.807, 2.05) is 5.38 Å². The van der Waals surface area contributed by atoms with Crippen LogP contribution in [0.15, 0.2) is 34.7 Å². The molecule has 2 fully saturated rings. The number of rotatable bonds is 5. The third-order valence-electron chi connectivity index (χ3n) is 5.26. The van der Waals surface area contributed by atoms with E-state index < -0.39 is 10.0 Å². The maximum atomic E-state index is 13.1. The molecule has 0 spiro atoms. The van der Waals surface area contributed by atoms with Crippen molar-refractivity contribution in [2.24, 2.45) is 0 Å². The van der Waals surface area contributed by atoms with E-state index >= 15 is 0 Å². The lowest BCUT2D eigenvalue weighted by atomic mass is 10.1. The summed E-state index contributed by atoms with van der Waals surface area (Å²) in [5.74, 6) is 0.0431. The van der Waals surface area contributed by atoms with E-state index in [1.54, 1.807) is 34.6 Å². The van der Waals surface area contributed by atoms with Gasteiger partial charge in [-0.3, -0.25) is 4.79 Å². The summed E-state index contributed by atoms with van der Waals surface area (Å²) >= 11 is 1.57. The van der Waals surface area contributed by atoms with E-state index in [1.165, 1.54) is 17.5 Å². The summed E-state index contributed by atoms with van der Waals surface area (Å²) in [5.41, 5.74) is 0.338. The number of piperazine rings is 1. The van der Waals surface area contributed by atoms with Gasteiger partial charge in [-0.15, -0.1) is 11.3 Å². The lowest BCUT2D eigenvalue weighted by molar-refractivity contribution is 0.0728. The molecule has 9 nitrogen and oxygen atoms in total. The number of sulfonamides is 1. The number of ether oxygens (including phenoxy) is 2. The molecular weight excluding hydrogens is 428 g/mol. The van der Waals surface area contributed by atoms with Crippen molar-refractivity contribution in [1.82, 2.24) is 14.2 Å². The van der Waals surface area contributed by atoms with E-state index in [0.717, 1.165) is 5.13 Å². The zero-order valence-electron chi connectivity index (χ0n) is 16.7. The van der Waals surface area contributed by atoms with E-state index in [9.17, 15) is 13.2 Å². The van der Waals surface area contributed by atoms with Gasteiger partial charge in [-0.1, -0.05) is 0 Å². The highest BCUT2D eigenvalue weighted by Gasteiger charge is 2.31. The minimum absolute atomic E-state index is 0.0131. The van der Waals surface area contributed by atoms with Crippen molar-refractivity contribution in [1.29, 1.82) is 0 Å². The maximum Gasteiger partial charge on any atom is 0.254 e. The Labute approximate surface area is 179 Å². The Balaban J connectivity index is 1.53. The predicted octanol–water partition coefficient (Wildman–Crippen LogP) is 1.14. The smallest absolute Gasteiger partial charge is 0.254 e. The fourth-order valence-electron chi connectivity index (χ4n) is 3.59. The fraction of sp³-hybridized carbons (Fsp3) is 0.474. The van der Waals surface area contributed by atoms with Gasteiger partial charge in [0.05, 0.1) is 20.3 Å². The highest BCUT2D eigenvalue weighted by Crippen LogP contribution is 2.29. The number of morpholine rings is 1. The van der Waals surface area contributed by atoms with Crippen molar-refractivity contribution in [3.63, 3.8) is 0 Å². The van der Waals surface area contributed by atoms with Crippen molar-refractivity contribution in [2.75, 3.05) is 64.5 Å². The molecule has 0 atom stereocenters. The quantitative estimate of drug-likeness (QED) is 0.672. The number of methoxy groups -OCH3 is 1. The number of nitrogens with zero attached hydrogens (tertiary/aromatic N) is 4. The molecule has 0 bridgehead atoms. The van der Waals surface area contributed by atoms with Crippen molar-refractivity contribution < 1.29 is 22.7 Å². The molecule has 2 aliphatic rings. The molecule has 3 heterocycles. The van der Waals surface area contributed by atoms with Gasteiger partial charge in [-0.05, 0) is 18.2 Å².